The van der Waals surface area contributed by atoms with Gasteiger partial charge in [0, 0.05) is 24.7 Å². The van der Waals surface area contributed by atoms with E-state index >= 15 is 0 Å². The molecule has 1 aliphatic rings. The van der Waals surface area contributed by atoms with Gasteiger partial charge in [-0.15, -0.1) is 0 Å². The molecule has 1 heterocycles. The predicted molar refractivity (Wildman–Crippen MR) is 87.9 cm³/mol. The quantitative estimate of drug-likeness (QED) is 0.873. The van der Waals surface area contributed by atoms with Crippen molar-refractivity contribution in [3.05, 3.63) is 23.9 Å². The lowest BCUT2D eigenvalue weighted by molar-refractivity contribution is -0.123. The number of hydrogen-bond donors (Lipinski definition) is 1. The lowest BCUT2D eigenvalue weighted by atomic mass is 9.92. The van der Waals surface area contributed by atoms with Crippen molar-refractivity contribution in [2.75, 3.05) is 0 Å². The van der Waals surface area contributed by atoms with Crippen LogP contribution in [0.5, 0.6) is 5.88 Å². The maximum Gasteiger partial charge on any atom is 0.220 e. The van der Waals surface area contributed by atoms with Crippen LogP contribution in [0, 0.1) is 12.8 Å². The van der Waals surface area contributed by atoms with Crippen LogP contribution >= 0.6 is 0 Å². The normalized spacial score (nSPS) is 22.9. The van der Waals surface area contributed by atoms with Gasteiger partial charge in [0.15, 0.2) is 0 Å². The number of rotatable bonds is 6. The van der Waals surface area contributed by atoms with Crippen LogP contribution in [0.15, 0.2) is 18.3 Å². The first-order valence-electron chi connectivity index (χ1n) is 8.45. The highest BCUT2D eigenvalue weighted by molar-refractivity contribution is 5.76. The number of nitrogens with zero attached hydrogens (tertiary/aromatic N) is 1. The Labute approximate surface area is 133 Å². The van der Waals surface area contributed by atoms with Crippen molar-refractivity contribution in [2.24, 2.45) is 5.92 Å². The number of carbonyl (C=O) groups excluding carboxylic acids is 1. The third-order valence-corrected chi connectivity index (χ3v) is 4.44. The van der Waals surface area contributed by atoms with Crippen molar-refractivity contribution in [1.82, 2.24) is 10.3 Å². The topological polar surface area (TPSA) is 51.2 Å². The largest absolute Gasteiger partial charge is 0.474 e. The highest BCUT2D eigenvalue weighted by Crippen LogP contribution is 2.23. The Balaban J connectivity index is 1.71. The molecule has 1 aromatic heterocycles. The second kappa shape index (κ2) is 8.16. The zero-order valence-electron chi connectivity index (χ0n) is 14.0. The van der Waals surface area contributed by atoms with Crippen molar-refractivity contribution in [2.45, 2.75) is 71.4 Å². The van der Waals surface area contributed by atoms with Crippen molar-refractivity contribution in [3.8, 4) is 5.88 Å². The van der Waals surface area contributed by atoms with Gasteiger partial charge in [0.25, 0.3) is 0 Å². The van der Waals surface area contributed by atoms with Gasteiger partial charge in [-0.2, -0.15) is 0 Å². The van der Waals surface area contributed by atoms with Gasteiger partial charge in [-0.05, 0) is 44.1 Å². The average molecular weight is 304 g/mol. The SMILES string of the molecule is CCC(C)CC(=O)NC1CCC(Oc2ccc(C)cn2)CC1. The number of hydrogen-bond acceptors (Lipinski definition) is 3. The lowest BCUT2D eigenvalue weighted by Gasteiger charge is -2.29. The molecule has 22 heavy (non-hydrogen) atoms. The Morgan fingerprint density at radius 2 is 2.09 bits per heavy atom. The number of amides is 1. The minimum Gasteiger partial charge on any atom is -0.474 e. The van der Waals surface area contributed by atoms with Gasteiger partial charge >= 0.3 is 0 Å². The van der Waals surface area contributed by atoms with Crippen molar-refractivity contribution in [3.63, 3.8) is 0 Å². The Bertz CT molecular complexity index is 464. The van der Waals surface area contributed by atoms with E-state index in [-0.39, 0.29) is 12.0 Å². The molecule has 1 N–H and O–H groups in total. The fourth-order valence-electron chi connectivity index (χ4n) is 2.77. The highest BCUT2D eigenvalue weighted by Gasteiger charge is 2.24. The van der Waals surface area contributed by atoms with Gasteiger partial charge in [-0.3, -0.25) is 4.79 Å². The molecule has 1 fully saturated rings. The van der Waals surface area contributed by atoms with E-state index in [0.717, 1.165) is 37.7 Å². The maximum atomic E-state index is 11.9. The van der Waals surface area contributed by atoms with E-state index < -0.39 is 0 Å². The van der Waals surface area contributed by atoms with Crippen LogP contribution in [-0.4, -0.2) is 23.0 Å². The minimum absolute atomic E-state index is 0.193. The second-order valence-electron chi connectivity index (χ2n) is 6.55. The Morgan fingerprint density at radius 3 is 2.68 bits per heavy atom. The average Bonchev–Trinajstić information content (AvgIpc) is 2.51. The van der Waals surface area contributed by atoms with Crippen LogP contribution in [0.4, 0.5) is 0 Å². The number of ether oxygens (including phenoxy) is 1. The minimum atomic E-state index is 0.193. The van der Waals surface area contributed by atoms with Gasteiger partial charge in [-0.25, -0.2) is 4.98 Å². The van der Waals surface area contributed by atoms with E-state index in [9.17, 15) is 4.79 Å². The molecule has 122 valence electrons. The van der Waals surface area contributed by atoms with Crippen molar-refractivity contribution < 1.29 is 9.53 Å². The van der Waals surface area contributed by atoms with Crippen LogP contribution in [0.25, 0.3) is 0 Å². The Hall–Kier alpha value is -1.58. The highest BCUT2D eigenvalue weighted by atomic mass is 16.5. The molecule has 2 rings (SSSR count). The molecule has 0 aromatic carbocycles. The van der Waals surface area contributed by atoms with Crippen molar-refractivity contribution in [1.29, 1.82) is 0 Å². The fourth-order valence-corrected chi connectivity index (χ4v) is 2.77. The van der Waals surface area contributed by atoms with E-state index in [1.807, 2.05) is 25.3 Å². The molecule has 1 aliphatic carbocycles. The molecule has 1 unspecified atom stereocenters. The molecule has 1 saturated carbocycles. The molecule has 0 aliphatic heterocycles. The summed E-state index contributed by atoms with van der Waals surface area (Å²) in [6.07, 6.45) is 7.67. The monoisotopic (exact) mass is 304 g/mol. The summed E-state index contributed by atoms with van der Waals surface area (Å²) in [5, 5.41) is 3.17. The van der Waals surface area contributed by atoms with Crippen LogP contribution < -0.4 is 10.1 Å². The molecule has 0 bridgehead atoms. The summed E-state index contributed by atoms with van der Waals surface area (Å²) < 4.78 is 5.92. The first kappa shape index (κ1) is 16.8. The van der Waals surface area contributed by atoms with Crippen molar-refractivity contribution >= 4 is 5.91 Å². The lowest BCUT2D eigenvalue weighted by Crippen LogP contribution is -2.40. The van der Waals surface area contributed by atoms with E-state index in [1.165, 1.54) is 0 Å². The van der Waals surface area contributed by atoms with E-state index in [0.29, 0.717) is 24.3 Å². The van der Waals surface area contributed by atoms with E-state index in [1.54, 1.807) is 0 Å². The first-order valence-corrected chi connectivity index (χ1v) is 8.45. The van der Waals surface area contributed by atoms with Crippen LogP contribution in [-0.2, 0) is 4.79 Å². The Kier molecular flexibility index (Phi) is 6.22. The van der Waals surface area contributed by atoms with Crippen LogP contribution in [0.2, 0.25) is 0 Å². The van der Waals surface area contributed by atoms with Gasteiger partial charge in [-0.1, -0.05) is 26.3 Å². The standard InChI is InChI=1S/C18H28N2O2/c1-4-13(2)11-17(21)20-15-6-8-16(9-7-15)22-18-10-5-14(3)12-19-18/h5,10,12-13,15-16H,4,6-9,11H2,1-3H3,(H,20,21). The molecular formula is C18H28N2O2. The van der Waals surface area contributed by atoms with Gasteiger partial charge in [0.2, 0.25) is 11.8 Å². The zero-order valence-corrected chi connectivity index (χ0v) is 14.0. The summed E-state index contributed by atoms with van der Waals surface area (Å²) in [6, 6.07) is 4.25. The summed E-state index contributed by atoms with van der Waals surface area (Å²) in [4.78, 5) is 16.2. The molecule has 1 atom stereocenters. The molecule has 0 spiro atoms. The van der Waals surface area contributed by atoms with Gasteiger partial charge < -0.3 is 10.1 Å². The molecule has 0 saturated heterocycles. The number of aryl methyl sites for hydroxylation is 1. The predicted octanol–water partition coefficient (Wildman–Crippen LogP) is 3.63. The van der Waals surface area contributed by atoms with E-state index in [2.05, 4.69) is 24.1 Å². The molecule has 4 nitrogen and oxygen atoms in total. The number of nitrogens with one attached hydrogen (secondary N) is 1. The summed E-state index contributed by atoms with van der Waals surface area (Å²) >= 11 is 0. The fraction of sp³-hybridized carbons (Fsp3) is 0.667. The van der Waals surface area contributed by atoms with Gasteiger partial charge in [0.1, 0.15) is 6.10 Å². The zero-order chi connectivity index (χ0) is 15.9. The summed E-state index contributed by atoms with van der Waals surface area (Å²) in [7, 11) is 0. The smallest absolute Gasteiger partial charge is 0.220 e. The number of aromatic nitrogens is 1. The third kappa shape index (κ3) is 5.32. The first-order chi connectivity index (χ1) is 10.6. The molecule has 1 aromatic rings. The van der Waals surface area contributed by atoms with E-state index in [4.69, 9.17) is 4.74 Å². The Morgan fingerprint density at radius 1 is 1.36 bits per heavy atom. The molecular weight excluding hydrogens is 276 g/mol. The molecule has 4 heteroatoms. The summed E-state index contributed by atoms with van der Waals surface area (Å²) in [6.45, 7) is 6.27. The number of pyridine rings is 1. The number of carbonyl (C=O) groups is 1. The third-order valence-electron chi connectivity index (χ3n) is 4.44. The second-order valence-corrected chi connectivity index (χ2v) is 6.55. The maximum absolute atomic E-state index is 11.9. The summed E-state index contributed by atoms with van der Waals surface area (Å²) in [5.41, 5.74) is 1.14. The van der Waals surface area contributed by atoms with Crippen LogP contribution in [0.1, 0.15) is 57.9 Å². The molecule has 1 amide bonds. The van der Waals surface area contributed by atoms with Gasteiger partial charge in [0.05, 0.1) is 0 Å². The molecule has 0 radical (unpaired) electrons. The summed E-state index contributed by atoms with van der Waals surface area (Å²) in [5.74, 6) is 1.36. The van der Waals surface area contributed by atoms with Crippen LogP contribution in [0.3, 0.4) is 0 Å².